The molecule has 0 aliphatic carbocycles. The number of nitrogens with one attached hydrogen (secondary N) is 1. The van der Waals surface area contributed by atoms with Crippen molar-refractivity contribution in [1.29, 1.82) is 0 Å². The lowest BCUT2D eigenvalue weighted by molar-refractivity contribution is -0.119. The second kappa shape index (κ2) is 9.62. The maximum absolute atomic E-state index is 11.4. The van der Waals surface area contributed by atoms with E-state index in [1.807, 2.05) is 30.3 Å². The van der Waals surface area contributed by atoms with Crippen molar-refractivity contribution in [3.63, 3.8) is 0 Å². The molecule has 1 N–H and O–H groups in total. The number of alkyl carbamates (subject to hydrolysis) is 1. The third-order valence-corrected chi connectivity index (χ3v) is 2.66. The van der Waals surface area contributed by atoms with E-state index in [1.165, 1.54) is 0 Å². The zero-order valence-corrected chi connectivity index (χ0v) is 11.4. The van der Waals surface area contributed by atoms with E-state index in [-0.39, 0.29) is 12.4 Å². The molecule has 0 unspecified atom stereocenters. The highest BCUT2D eigenvalue weighted by molar-refractivity contribution is 5.78. The Morgan fingerprint density at radius 3 is 2.65 bits per heavy atom. The number of ketones is 1. The number of Topliss-reactive ketones (excluding diaryl/α,β-unsaturated/α-hetero) is 1. The van der Waals surface area contributed by atoms with E-state index < -0.39 is 6.09 Å². The Bertz CT molecular complexity index is 462. The van der Waals surface area contributed by atoms with Crippen molar-refractivity contribution in [2.75, 3.05) is 6.54 Å². The van der Waals surface area contributed by atoms with Crippen molar-refractivity contribution < 1.29 is 14.3 Å². The molecule has 0 aliphatic rings. The van der Waals surface area contributed by atoms with Crippen LogP contribution in [0.3, 0.4) is 0 Å². The Balaban J connectivity index is 2.06. The smallest absolute Gasteiger partial charge is 0.407 e. The molecule has 1 aromatic rings. The SMILES string of the molecule is C#CCCC(=O)CCCNC(=O)OCc1ccccc1. The molecular formula is C16H19NO3. The molecule has 0 spiro atoms. The molecule has 0 fully saturated rings. The van der Waals surface area contributed by atoms with E-state index in [4.69, 9.17) is 11.2 Å². The summed E-state index contributed by atoms with van der Waals surface area (Å²) in [4.78, 5) is 22.7. The largest absolute Gasteiger partial charge is 0.445 e. The van der Waals surface area contributed by atoms with Crippen LogP contribution in [0.25, 0.3) is 0 Å². The Hall–Kier alpha value is -2.28. The van der Waals surface area contributed by atoms with Gasteiger partial charge in [-0.05, 0) is 12.0 Å². The summed E-state index contributed by atoms with van der Waals surface area (Å²) in [6.45, 7) is 0.670. The fraction of sp³-hybridized carbons (Fsp3) is 0.375. The van der Waals surface area contributed by atoms with E-state index in [1.54, 1.807) is 0 Å². The van der Waals surface area contributed by atoms with Gasteiger partial charge in [0.2, 0.25) is 0 Å². The number of rotatable bonds is 8. The van der Waals surface area contributed by atoms with Crippen LogP contribution in [0.2, 0.25) is 0 Å². The summed E-state index contributed by atoms with van der Waals surface area (Å²) in [6.07, 6.45) is 6.53. The van der Waals surface area contributed by atoms with Gasteiger partial charge >= 0.3 is 6.09 Å². The van der Waals surface area contributed by atoms with Crippen molar-refractivity contribution >= 4 is 11.9 Å². The van der Waals surface area contributed by atoms with Crippen LogP contribution in [0.15, 0.2) is 30.3 Å². The Morgan fingerprint density at radius 1 is 1.20 bits per heavy atom. The summed E-state index contributed by atoms with van der Waals surface area (Å²) in [7, 11) is 0. The normalized spacial score (nSPS) is 9.55. The standard InChI is InChI=1S/C16H19NO3/c1-2-3-10-15(18)11-7-12-17-16(19)20-13-14-8-5-4-6-9-14/h1,4-6,8-9H,3,7,10-13H2,(H,17,19). The van der Waals surface area contributed by atoms with Gasteiger partial charge in [-0.25, -0.2) is 4.79 Å². The number of terminal acetylenes is 1. The summed E-state index contributed by atoms with van der Waals surface area (Å²) in [5.41, 5.74) is 0.937. The molecule has 20 heavy (non-hydrogen) atoms. The van der Waals surface area contributed by atoms with Crippen molar-refractivity contribution in [1.82, 2.24) is 5.32 Å². The van der Waals surface area contributed by atoms with Gasteiger partial charge in [0, 0.05) is 25.8 Å². The Kier molecular flexibility index (Phi) is 7.59. The summed E-state index contributed by atoms with van der Waals surface area (Å²) in [5, 5.41) is 2.61. The van der Waals surface area contributed by atoms with Crippen LogP contribution in [0, 0.1) is 12.3 Å². The van der Waals surface area contributed by atoms with Gasteiger partial charge in [0.05, 0.1) is 0 Å². The quantitative estimate of drug-likeness (QED) is 0.585. The monoisotopic (exact) mass is 273 g/mol. The average Bonchev–Trinajstić information content (AvgIpc) is 2.48. The molecule has 0 saturated carbocycles. The van der Waals surface area contributed by atoms with Crippen molar-refractivity contribution in [3.05, 3.63) is 35.9 Å². The van der Waals surface area contributed by atoms with Crippen LogP contribution in [-0.2, 0) is 16.1 Å². The number of hydrogen-bond acceptors (Lipinski definition) is 3. The maximum Gasteiger partial charge on any atom is 0.407 e. The van der Waals surface area contributed by atoms with Gasteiger partial charge in [-0.3, -0.25) is 4.79 Å². The van der Waals surface area contributed by atoms with Crippen molar-refractivity contribution in [2.45, 2.75) is 32.3 Å². The van der Waals surface area contributed by atoms with E-state index in [0.29, 0.717) is 32.2 Å². The van der Waals surface area contributed by atoms with Crippen LogP contribution in [-0.4, -0.2) is 18.4 Å². The van der Waals surface area contributed by atoms with Gasteiger partial charge in [0.15, 0.2) is 0 Å². The molecular weight excluding hydrogens is 254 g/mol. The predicted molar refractivity (Wildman–Crippen MR) is 76.9 cm³/mol. The lowest BCUT2D eigenvalue weighted by Crippen LogP contribution is -2.25. The molecule has 4 heteroatoms. The van der Waals surface area contributed by atoms with Crippen LogP contribution in [0.4, 0.5) is 4.79 Å². The molecule has 0 radical (unpaired) electrons. The first-order valence-electron chi connectivity index (χ1n) is 6.62. The van der Waals surface area contributed by atoms with E-state index in [2.05, 4.69) is 11.2 Å². The first-order valence-corrected chi connectivity index (χ1v) is 6.62. The molecule has 1 rings (SSSR count). The molecule has 1 amide bonds. The van der Waals surface area contributed by atoms with Gasteiger partial charge < -0.3 is 10.1 Å². The summed E-state index contributed by atoms with van der Waals surface area (Å²) < 4.78 is 5.04. The number of ether oxygens (including phenoxy) is 1. The highest BCUT2D eigenvalue weighted by Crippen LogP contribution is 2.01. The van der Waals surface area contributed by atoms with E-state index >= 15 is 0 Å². The van der Waals surface area contributed by atoms with Gasteiger partial charge in [-0.2, -0.15) is 0 Å². The predicted octanol–water partition coefficient (Wildman–Crippen LogP) is 2.68. The van der Waals surface area contributed by atoms with Crippen LogP contribution >= 0.6 is 0 Å². The first-order chi connectivity index (χ1) is 9.72. The fourth-order valence-corrected chi connectivity index (χ4v) is 1.59. The number of amides is 1. The maximum atomic E-state index is 11.4. The summed E-state index contributed by atoms with van der Waals surface area (Å²) in [6, 6.07) is 9.45. The summed E-state index contributed by atoms with van der Waals surface area (Å²) >= 11 is 0. The van der Waals surface area contributed by atoms with Gasteiger partial charge in [-0.1, -0.05) is 30.3 Å². The van der Waals surface area contributed by atoms with E-state index in [9.17, 15) is 9.59 Å². The zero-order valence-electron chi connectivity index (χ0n) is 11.4. The van der Waals surface area contributed by atoms with Gasteiger partial charge in [0.1, 0.15) is 12.4 Å². The third-order valence-electron chi connectivity index (χ3n) is 2.66. The van der Waals surface area contributed by atoms with Crippen molar-refractivity contribution in [3.8, 4) is 12.3 Å². The first kappa shape index (κ1) is 15.8. The number of hydrogen-bond donors (Lipinski definition) is 1. The molecule has 4 nitrogen and oxygen atoms in total. The minimum atomic E-state index is -0.468. The number of carbonyl (C=O) groups excluding carboxylic acids is 2. The molecule has 0 aromatic heterocycles. The van der Waals surface area contributed by atoms with Gasteiger partial charge in [-0.15, -0.1) is 12.3 Å². The Labute approximate surface area is 119 Å². The minimum Gasteiger partial charge on any atom is -0.445 e. The van der Waals surface area contributed by atoms with Crippen molar-refractivity contribution in [2.24, 2.45) is 0 Å². The molecule has 106 valence electrons. The minimum absolute atomic E-state index is 0.127. The molecule has 1 aromatic carbocycles. The molecule has 0 heterocycles. The number of carbonyl (C=O) groups is 2. The molecule has 0 atom stereocenters. The lowest BCUT2D eigenvalue weighted by atomic mass is 10.1. The average molecular weight is 273 g/mol. The van der Waals surface area contributed by atoms with Crippen LogP contribution in [0.5, 0.6) is 0 Å². The van der Waals surface area contributed by atoms with Crippen LogP contribution < -0.4 is 5.32 Å². The number of benzene rings is 1. The zero-order chi connectivity index (χ0) is 14.6. The molecule has 0 aliphatic heterocycles. The fourth-order valence-electron chi connectivity index (χ4n) is 1.59. The van der Waals surface area contributed by atoms with Gasteiger partial charge in [0.25, 0.3) is 0 Å². The molecule has 0 saturated heterocycles. The summed E-state index contributed by atoms with van der Waals surface area (Å²) in [5.74, 6) is 2.56. The lowest BCUT2D eigenvalue weighted by Gasteiger charge is -2.06. The highest BCUT2D eigenvalue weighted by atomic mass is 16.5. The third kappa shape index (κ3) is 7.22. The van der Waals surface area contributed by atoms with E-state index in [0.717, 1.165) is 5.56 Å². The second-order valence-electron chi connectivity index (χ2n) is 4.33. The topological polar surface area (TPSA) is 55.4 Å². The highest BCUT2D eigenvalue weighted by Gasteiger charge is 2.04. The second-order valence-corrected chi connectivity index (χ2v) is 4.33. The Morgan fingerprint density at radius 2 is 1.95 bits per heavy atom. The van der Waals surface area contributed by atoms with Crippen LogP contribution in [0.1, 0.15) is 31.2 Å². The molecule has 0 bridgehead atoms.